The van der Waals surface area contributed by atoms with E-state index in [1.165, 1.54) is 0 Å². The van der Waals surface area contributed by atoms with E-state index in [0.29, 0.717) is 13.1 Å². The third-order valence-electron chi connectivity index (χ3n) is 3.97. The molecular formula is C17H24ClN3O3. The van der Waals surface area contributed by atoms with Gasteiger partial charge in [-0.05, 0) is 37.1 Å². The smallest absolute Gasteiger partial charge is 0.300 e. The summed E-state index contributed by atoms with van der Waals surface area (Å²) in [6, 6.07) is 5.75. The average molecular weight is 354 g/mol. The van der Waals surface area contributed by atoms with Gasteiger partial charge in [0, 0.05) is 19.0 Å². The fourth-order valence-corrected chi connectivity index (χ4v) is 2.71. The summed E-state index contributed by atoms with van der Waals surface area (Å²) in [7, 11) is 3.25. The highest BCUT2D eigenvalue weighted by Crippen LogP contribution is 2.22. The number of ether oxygens (including phenoxy) is 2. The lowest BCUT2D eigenvalue weighted by Crippen LogP contribution is -2.40. The molecule has 1 amide bonds. The van der Waals surface area contributed by atoms with Crippen molar-refractivity contribution < 1.29 is 14.3 Å². The number of methoxy groups -OCH3 is 2. The SMILES string of the molecule is Cl.[C-]#[N+][C@@H]1CCCN1C(=O)CNCCc1cc(OC)cc(OC)c1. The molecule has 0 spiro atoms. The summed E-state index contributed by atoms with van der Waals surface area (Å²) in [6.07, 6.45) is 2.21. The van der Waals surface area contributed by atoms with Crippen molar-refractivity contribution in [2.45, 2.75) is 25.4 Å². The summed E-state index contributed by atoms with van der Waals surface area (Å²) in [6.45, 7) is 8.76. The van der Waals surface area contributed by atoms with E-state index in [9.17, 15) is 4.79 Å². The van der Waals surface area contributed by atoms with Crippen molar-refractivity contribution in [1.29, 1.82) is 0 Å². The summed E-state index contributed by atoms with van der Waals surface area (Å²) < 4.78 is 10.5. The Morgan fingerprint density at radius 2 is 2.00 bits per heavy atom. The minimum Gasteiger partial charge on any atom is -0.497 e. The number of carbonyl (C=O) groups excluding carboxylic acids is 1. The molecule has 0 aliphatic carbocycles. The normalized spacial score (nSPS) is 16.2. The maximum atomic E-state index is 12.1. The first-order chi connectivity index (χ1) is 11.2. The van der Waals surface area contributed by atoms with Gasteiger partial charge >= 0.3 is 6.17 Å². The quantitative estimate of drug-likeness (QED) is 0.602. The fourth-order valence-electron chi connectivity index (χ4n) is 2.71. The van der Waals surface area contributed by atoms with Gasteiger partial charge < -0.3 is 14.8 Å². The third-order valence-corrected chi connectivity index (χ3v) is 3.97. The van der Waals surface area contributed by atoms with Crippen molar-refractivity contribution in [3.05, 3.63) is 35.2 Å². The van der Waals surface area contributed by atoms with Crippen molar-refractivity contribution in [3.63, 3.8) is 0 Å². The molecule has 0 saturated carbocycles. The van der Waals surface area contributed by atoms with Crippen LogP contribution in [0.15, 0.2) is 18.2 Å². The second kappa shape index (κ2) is 10.0. The maximum absolute atomic E-state index is 12.1. The minimum atomic E-state index is -0.271. The zero-order valence-electron chi connectivity index (χ0n) is 14.1. The molecule has 1 atom stereocenters. The van der Waals surface area contributed by atoms with Crippen molar-refractivity contribution in [3.8, 4) is 11.5 Å². The summed E-state index contributed by atoms with van der Waals surface area (Å²) in [5, 5.41) is 3.15. The number of amides is 1. The maximum Gasteiger partial charge on any atom is 0.300 e. The van der Waals surface area contributed by atoms with Gasteiger partial charge in [0.1, 0.15) is 11.5 Å². The van der Waals surface area contributed by atoms with Crippen molar-refractivity contribution in [2.24, 2.45) is 0 Å². The molecule has 1 fully saturated rings. The first-order valence-corrected chi connectivity index (χ1v) is 7.76. The number of rotatable bonds is 7. The third kappa shape index (κ3) is 5.29. The van der Waals surface area contributed by atoms with Gasteiger partial charge in [-0.3, -0.25) is 14.5 Å². The van der Waals surface area contributed by atoms with Crippen LogP contribution in [-0.4, -0.2) is 50.8 Å². The molecule has 6 nitrogen and oxygen atoms in total. The lowest BCUT2D eigenvalue weighted by molar-refractivity contribution is -0.130. The first-order valence-electron chi connectivity index (χ1n) is 7.76. The van der Waals surface area contributed by atoms with E-state index in [2.05, 4.69) is 10.2 Å². The highest BCUT2D eigenvalue weighted by Gasteiger charge is 2.32. The number of nitrogens with zero attached hydrogens (tertiary/aromatic N) is 2. The highest BCUT2D eigenvalue weighted by molar-refractivity contribution is 5.85. The predicted molar refractivity (Wildman–Crippen MR) is 94.7 cm³/mol. The average Bonchev–Trinajstić information content (AvgIpc) is 3.06. The van der Waals surface area contributed by atoms with Crippen LogP contribution in [0.3, 0.4) is 0 Å². The largest absolute Gasteiger partial charge is 0.497 e. The van der Waals surface area contributed by atoms with Crippen LogP contribution >= 0.6 is 12.4 Å². The summed E-state index contributed by atoms with van der Waals surface area (Å²) in [4.78, 5) is 17.3. The molecule has 1 aliphatic rings. The number of benzene rings is 1. The lowest BCUT2D eigenvalue weighted by atomic mass is 10.1. The number of carbonyl (C=O) groups is 1. The first kappa shape index (κ1) is 20.1. The Kier molecular flexibility index (Phi) is 8.37. The van der Waals surface area contributed by atoms with Crippen molar-refractivity contribution in [2.75, 3.05) is 33.9 Å². The van der Waals surface area contributed by atoms with Crippen LogP contribution in [0.1, 0.15) is 18.4 Å². The van der Waals surface area contributed by atoms with Crippen LogP contribution in [0, 0.1) is 6.57 Å². The molecule has 132 valence electrons. The van der Waals surface area contributed by atoms with Gasteiger partial charge in [-0.1, -0.05) is 0 Å². The van der Waals surface area contributed by atoms with Crippen LogP contribution in [0.4, 0.5) is 0 Å². The summed E-state index contributed by atoms with van der Waals surface area (Å²) in [5.41, 5.74) is 1.08. The Morgan fingerprint density at radius 3 is 2.58 bits per heavy atom. The second-order valence-electron chi connectivity index (χ2n) is 5.49. The molecule has 0 aromatic heterocycles. The lowest BCUT2D eigenvalue weighted by Gasteiger charge is -2.16. The number of hydrogen-bond acceptors (Lipinski definition) is 4. The Bertz CT molecular complexity index is 567. The topological polar surface area (TPSA) is 55.2 Å². The number of likely N-dealkylation sites (tertiary alicyclic amines) is 1. The number of halogens is 1. The summed E-state index contributed by atoms with van der Waals surface area (Å²) >= 11 is 0. The van der Waals surface area contributed by atoms with E-state index in [4.69, 9.17) is 16.0 Å². The predicted octanol–water partition coefficient (Wildman–Crippen LogP) is 2.13. The fraction of sp³-hybridized carbons (Fsp3) is 0.529. The Labute approximate surface area is 149 Å². The molecular weight excluding hydrogens is 330 g/mol. The van der Waals surface area contributed by atoms with Gasteiger partial charge in [-0.15, -0.1) is 12.4 Å². The number of nitrogens with one attached hydrogen (secondary N) is 1. The molecule has 2 rings (SSSR count). The van der Waals surface area contributed by atoms with Crippen molar-refractivity contribution in [1.82, 2.24) is 10.2 Å². The molecule has 0 bridgehead atoms. The molecule has 1 aliphatic heterocycles. The van der Waals surface area contributed by atoms with Gasteiger partial charge in [0.2, 0.25) is 5.91 Å². The highest BCUT2D eigenvalue weighted by atomic mass is 35.5. The Morgan fingerprint density at radius 1 is 1.33 bits per heavy atom. The van der Waals surface area contributed by atoms with Gasteiger partial charge in [0.25, 0.3) is 0 Å². The molecule has 24 heavy (non-hydrogen) atoms. The molecule has 1 heterocycles. The molecule has 0 radical (unpaired) electrons. The van der Waals surface area contributed by atoms with E-state index in [1.807, 2.05) is 18.2 Å². The van der Waals surface area contributed by atoms with Crippen LogP contribution < -0.4 is 14.8 Å². The standard InChI is InChI=1S/C17H23N3O3.ClH/c1-18-16-5-4-8-20(16)17(21)12-19-7-6-13-9-14(22-2)11-15(10-13)23-3;/h9-11,16,19H,4-8,12H2,2-3H3;1H/t16-;/m0./s1. The van der Waals surface area contributed by atoms with E-state index in [1.54, 1.807) is 19.1 Å². The second-order valence-corrected chi connectivity index (χ2v) is 5.49. The molecule has 1 N–H and O–H groups in total. The van der Waals surface area contributed by atoms with Gasteiger partial charge in [0.05, 0.1) is 20.8 Å². The molecule has 1 aromatic rings. The van der Waals surface area contributed by atoms with Crippen LogP contribution in [0.2, 0.25) is 0 Å². The zero-order valence-corrected chi connectivity index (χ0v) is 14.9. The molecule has 7 heteroatoms. The Balaban J connectivity index is 0.00000288. The van der Waals surface area contributed by atoms with Crippen LogP contribution in [0.25, 0.3) is 4.85 Å². The minimum absolute atomic E-state index is 0. The number of hydrogen-bond donors (Lipinski definition) is 1. The summed E-state index contributed by atoms with van der Waals surface area (Å²) in [5.74, 6) is 1.52. The van der Waals surface area contributed by atoms with Gasteiger partial charge in [-0.25, -0.2) is 6.57 Å². The van der Waals surface area contributed by atoms with E-state index in [-0.39, 0.29) is 31.0 Å². The van der Waals surface area contributed by atoms with Crippen molar-refractivity contribution >= 4 is 18.3 Å². The molecule has 0 unspecified atom stereocenters. The van der Waals surface area contributed by atoms with Gasteiger partial charge in [-0.2, -0.15) is 0 Å². The molecule has 1 aromatic carbocycles. The van der Waals surface area contributed by atoms with E-state index >= 15 is 0 Å². The monoisotopic (exact) mass is 353 g/mol. The van der Waals surface area contributed by atoms with E-state index in [0.717, 1.165) is 36.3 Å². The molecule has 1 saturated heterocycles. The van der Waals surface area contributed by atoms with Gasteiger partial charge in [0.15, 0.2) is 0 Å². The Hall–Kier alpha value is -1.97. The van der Waals surface area contributed by atoms with Crippen LogP contribution in [-0.2, 0) is 11.2 Å². The van der Waals surface area contributed by atoms with Crippen LogP contribution in [0.5, 0.6) is 11.5 Å². The zero-order chi connectivity index (χ0) is 16.7. The van der Waals surface area contributed by atoms with E-state index < -0.39 is 0 Å².